The highest BCUT2D eigenvalue weighted by Crippen LogP contribution is 2.32. The number of ether oxygens (including phenoxy) is 2. The molecule has 0 bridgehead atoms. The van der Waals surface area contributed by atoms with Crippen molar-refractivity contribution in [3.05, 3.63) is 62.8 Å². The minimum absolute atomic E-state index is 0.00491. The van der Waals surface area contributed by atoms with Crippen LogP contribution in [0.15, 0.2) is 45.4 Å². The zero-order valence-corrected chi connectivity index (χ0v) is 14.3. The van der Waals surface area contributed by atoms with Gasteiger partial charge in [-0.25, -0.2) is 4.79 Å². The number of rotatable bonds is 6. The van der Waals surface area contributed by atoms with Gasteiger partial charge in [0, 0.05) is 6.54 Å². The molecule has 0 spiro atoms. The lowest BCUT2D eigenvalue weighted by molar-refractivity contribution is 0.174. The summed E-state index contributed by atoms with van der Waals surface area (Å²) in [6.45, 7) is 5.92. The number of aromatic nitrogens is 2. The second kappa shape index (κ2) is 7.30. The summed E-state index contributed by atoms with van der Waals surface area (Å²) < 4.78 is 11.6. The third kappa shape index (κ3) is 3.26. The van der Waals surface area contributed by atoms with Gasteiger partial charge in [-0.3, -0.25) is 19.3 Å². The summed E-state index contributed by atoms with van der Waals surface area (Å²) in [5.74, 6) is 0.917. The molecule has 0 fully saturated rings. The van der Waals surface area contributed by atoms with E-state index in [0.717, 1.165) is 10.1 Å². The normalized spacial score (nSPS) is 13.0. The summed E-state index contributed by atoms with van der Waals surface area (Å²) in [5, 5.41) is 10.4. The van der Waals surface area contributed by atoms with Crippen molar-refractivity contribution in [2.45, 2.75) is 26.4 Å². The lowest BCUT2D eigenvalue weighted by Gasteiger charge is -2.11. The van der Waals surface area contributed by atoms with Crippen molar-refractivity contribution in [1.29, 1.82) is 0 Å². The highest BCUT2D eigenvalue weighted by atomic mass is 16.7. The van der Waals surface area contributed by atoms with E-state index in [0.29, 0.717) is 30.2 Å². The predicted molar refractivity (Wildman–Crippen MR) is 96.3 cm³/mol. The zero-order valence-electron chi connectivity index (χ0n) is 14.3. The van der Waals surface area contributed by atoms with Crippen LogP contribution in [-0.2, 0) is 13.1 Å². The van der Waals surface area contributed by atoms with Gasteiger partial charge < -0.3 is 14.6 Å². The Balaban J connectivity index is 1.97. The van der Waals surface area contributed by atoms with E-state index < -0.39 is 17.1 Å². The number of H-pyrrole nitrogens is 1. The van der Waals surface area contributed by atoms with Crippen LogP contribution in [0.3, 0.4) is 0 Å². The number of nitrogens with one attached hydrogen (secondary N) is 1. The van der Waals surface area contributed by atoms with Gasteiger partial charge in [-0.15, -0.1) is 6.58 Å². The molecule has 1 aromatic carbocycles. The van der Waals surface area contributed by atoms with E-state index in [2.05, 4.69) is 16.6 Å². The Morgan fingerprint density at radius 2 is 2.15 bits per heavy atom. The quantitative estimate of drug-likeness (QED) is 0.603. The van der Waals surface area contributed by atoms with Gasteiger partial charge in [0.1, 0.15) is 5.56 Å². The molecule has 0 radical (unpaired) electrons. The smallest absolute Gasteiger partial charge is 0.331 e. The number of fused-ring (bicyclic) bond motifs is 1. The molecule has 0 atom stereocenters. The number of hydrogen-bond donors (Lipinski definition) is 2. The third-order valence-electron chi connectivity index (χ3n) is 4.00. The number of aromatic hydroxyl groups is 1. The van der Waals surface area contributed by atoms with Gasteiger partial charge >= 0.3 is 5.69 Å². The summed E-state index contributed by atoms with van der Waals surface area (Å²) >= 11 is 0. The summed E-state index contributed by atoms with van der Waals surface area (Å²) in [6, 6.07) is 5.47. The van der Waals surface area contributed by atoms with Crippen molar-refractivity contribution in [3.8, 4) is 17.4 Å². The maximum Gasteiger partial charge on any atom is 0.331 e. The monoisotopic (exact) mass is 357 g/mol. The molecule has 2 N–H and O–H groups in total. The van der Waals surface area contributed by atoms with Crippen molar-refractivity contribution in [3.63, 3.8) is 0 Å². The minimum atomic E-state index is -0.692. The first-order valence-corrected chi connectivity index (χ1v) is 8.14. The van der Waals surface area contributed by atoms with Crippen LogP contribution in [0, 0.1) is 0 Å². The van der Waals surface area contributed by atoms with Crippen LogP contribution in [0.5, 0.6) is 17.4 Å². The van der Waals surface area contributed by atoms with Gasteiger partial charge in [-0.1, -0.05) is 19.1 Å². The lowest BCUT2D eigenvalue weighted by atomic mass is 10.1. The first-order valence-electron chi connectivity index (χ1n) is 8.14. The van der Waals surface area contributed by atoms with E-state index in [4.69, 9.17) is 9.47 Å². The Morgan fingerprint density at radius 1 is 1.38 bits per heavy atom. The molecule has 0 saturated heterocycles. The minimum Gasteiger partial charge on any atom is -0.494 e. The van der Waals surface area contributed by atoms with Crippen molar-refractivity contribution >= 4 is 5.71 Å². The molecule has 0 aliphatic carbocycles. The van der Waals surface area contributed by atoms with Gasteiger partial charge in [0.05, 0.1) is 12.3 Å². The van der Waals surface area contributed by atoms with Crippen molar-refractivity contribution in [1.82, 2.24) is 9.55 Å². The number of allylic oxidation sites excluding steroid dienone is 1. The van der Waals surface area contributed by atoms with Crippen molar-refractivity contribution in [2.24, 2.45) is 4.99 Å². The highest BCUT2D eigenvalue weighted by molar-refractivity contribution is 6.01. The predicted octanol–water partition coefficient (Wildman–Crippen LogP) is 1.56. The fourth-order valence-electron chi connectivity index (χ4n) is 2.71. The molecule has 8 heteroatoms. The van der Waals surface area contributed by atoms with Crippen LogP contribution >= 0.6 is 0 Å². The van der Waals surface area contributed by atoms with E-state index in [9.17, 15) is 14.7 Å². The van der Waals surface area contributed by atoms with Crippen LogP contribution in [-0.4, -0.2) is 27.2 Å². The number of aliphatic imine (C=N–C) groups is 1. The van der Waals surface area contributed by atoms with Gasteiger partial charge in [0.2, 0.25) is 12.7 Å². The number of aromatic amines is 1. The average Bonchev–Trinajstić information content (AvgIpc) is 3.09. The van der Waals surface area contributed by atoms with E-state index in [1.807, 2.05) is 19.1 Å². The second-order valence-electron chi connectivity index (χ2n) is 5.66. The highest BCUT2D eigenvalue weighted by Gasteiger charge is 2.18. The molecule has 1 aliphatic heterocycles. The Morgan fingerprint density at radius 3 is 2.88 bits per heavy atom. The van der Waals surface area contributed by atoms with Crippen LogP contribution in [0.2, 0.25) is 0 Å². The van der Waals surface area contributed by atoms with Crippen LogP contribution in [0.1, 0.15) is 24.5 Å². The Labute approximate surface area is 149 Å². The second-order valence-corrected chi connectivity index (χ2v) is 5.66. The molecule has 26 heavy (non-hydrogen) atoms. The fraction of sp³-hybridized carbons (Fsp3) is 0.278. The Bertz CT molecular complexity index is 987. The lowest BCUT2D eigenvalue weighted by Crippen LogP contribution is -2.33. The molecule has 2 heterocycles. The van der Waals surface area contributed by atoms with Crippen molar-refractivity contribution in [2.75, 3.05) is 6.79 Å². The molecule has 136 valence electrons. The SMILES string of the molecule is C=CCn1c(O)c(C(CC)=NCc2ccc3c(c2)OCO3)c(=O)[nH]c1=O. The molecular formula is C18H19N3O5. The number of benzene rings is 1. The standard InChI is InChI=1S/C18H19N3O5/c1-3-7-21-17(23)15(16(22)20-18(21)24)12(4-2)19-9-11-5-6-13-14(8-11)26-10-25-13/h3,5-6,8,23H,1,4,7,9-10H2,2H3,(H,20,22,24). The molecule has 0 amide bonds. The van der Waals surface area contributed by atoms with E-state index in [1.165, 1.54) is 6.08 Å². The number of hydrogen-bond acceptors (Lipinski definition) is 6. The summed E-state index contributed by atoms with van der Waals surface area (Å²) in [4.78, 5) is 30.7. The molecule has 0 saturated carbocycles. The molecule has 2 aromatic rings. The van der Waals surface area contributed by atoms with Crippen LogP contribution < -0.4 is 20.7 Å². The summed E-state index contributed by atoms with van der Waals surface area (Å²) in [7, 11) is 0. The van der Waals surface area contributed by atoms with E-state index in [-0.39, 0.29) is 18.9 Å². The molecule has 0 unspecified atom stereocenters. The van der Waals surface area contributed by atoms with Gasteiger partial charge in [-0.05, 0) is 24.1 Å². The third-order valence-corrected chi connectivity index (χ3v) is 4.00. The summed E-state index contributed by atoms with van der Waals surface area (Å²) in [6.07, 6.45) is 1.87. The van der Waals surface area contributed by atoms with Crippen LogP contribution in [0.25, 0.3) is 0 Å². The van der Waals surface area contributed by atoms with E-state index in [1.54, 1.807) is 6.07 Å². The van der Waals surface area contributed by atoms with Crippen molar-refractivity contribution < 1.29 is 14.6 Å². The van der Waals surface area contributed by atoms with Crippen LogP contribution in [0.4, 0.5) is 0 Å². The molecule has 3 rings (SSSR count). The molecule has 1 aromatic heterocycles. The zero-order chi connectivity index (χ0) is 18.7. The molecule has 8 nitrogen and oxygen atoms in total. The van der Waals surface area contributed by atoms with Gasteiger partial charge in [-0.2, -0.15) is 0 Å². The van der Waals surface area contributed by atoms with E-state index >= 15 is 0 Å². The molecular weight excluding hydrogens is 338 g/mol. The first-order chi connectivity index (χ1) is 12.5. The number of nitrogens with zero attached hydrogens (tertiary/aromatic N) is 2. The first kappa shape index (κ1) is 17.5. The maximum atomic E-state index is 12.2. The maximum absolute atomic E-state index is 12.2. The van der Waals surface area contributed by atoms with Gasteiger partial charge in [0.15, 0.2) is 11.5 Å². The fourth-order valence-corrected chi connectivity index (χ4v) is 2.71. The Hall–Kier alpha value is -3.29. The molecule has 1 aliphatic rings. The summed E-state index contributed by atoms with van der Waals surface area (Å²) in [5.41, 5.74) is -0.0917. The average molecular weight is 357 g/mol. The Kier molecular flexibility index (Phi) is 4.92. The largest absolute Gasteiger partial charge is 0.494 e. The van der Waals surface area contributed by atoms with Gasteiger partial charge in [0.25, 0.3) is 5.56 Å². The topological polar surface area (TPSA) is 106 Å².